The van der Waals surface area contributed by atoms with Crippen LogP contribution < -0.4 is 0 Å². The Morgan fingerprint density at radius 2 is 2.18 bits per heavy atom. The molecule has 3 atom stereocenters. The van der Waals surface area contributed by atoms with Gasteiger partial charge in [-0.25, -0.2) is 0 Å². The molecule has 0 radical (unpaired) electrons. The SMILES string of the molecule is CCn1nc(C)c([C@@H]2C[C@H]3CN(Cc4cccnc4)C(=O)[C@]34CCCN24)c1C. The van der Waals surface area contributed by atoms with E-state index in [0.717, 1.165) is 50.2 Å². The van der Waals surface area contributed by atoms with Crippen LogP contribution in [0.5, 0.6) is 0 Å². The maximum Gasteiger partial charge on any atom is 0.243 e. The number of hydrogen-bond acceptors (Lipinski definition) is 4. The van der Waals surface area contributed by atoms with Crippen molar-refractivity contribution in [3.05, 3.63) is 47.0 Å². The van der Waals surface area contributed by atoms with E-state index in [1.165, 1.54) is 11.3 Å². The zero-order valence-electron chi connectivity index (χ0n) is 17.1. The molecule has 6 nitrogen and oxygen atoms in total. The van der Waals surface area contributed by atoms with Crippen molar-refractivity contribution >= 4 is 5.91 Å². The van der Waals surface area contributed by atoms with Crippen molar-refractivity contribution < 1.29 is 4.79 Å². The number of likely N-dealkylation sites (tertiary alicyclic amines) is 1. The second-order valence-electron chi connectivity index (χ2n) is 8.62. The van der Waals surface area contributed by atoms with E-state index in [1.807, 2.05) is 12.3 Å². The van der Waals surface area contributed by atoms with Crippen LogP contribution in [0, 0.1) is 19.8 Å². The first kappa shape index (κ1) is 17.9. The first-order valence-electron chi connectivity index (χ1n) is 10.5. The summed E-state index contributed by atoms with van der Waals surface area (Å²) in [6.07, 6.45) is 6.83. The average Bonchev–Trinajstić information content (AvgIpc) is 3.39. The maximum atomic E-state index is 13.6. The molecule has 0 bridgehead atoms. The van der Waals surface area contributed by atoms with Gasteiger partial charge in [-0.05, 0) is 58.2 Å². The van der Waals surface area contributed by atoms with E-state index < -0.39 is 0 Å². The van der Waals surface area contributed by atoms with Crippen molar-refractivity contribution in [2.45, 2.75) is 64.7 Å². The fourth-order valence-electron chi connectivity index (χ4n) is 6.20. The van der Waals surface area contributed by atoms with Crippen LogP contribution in [-0.2, 0) is 17.9 Å². The summed E-state index contributed by atoms with van der Waals surface area (Å²) in [7, 11) is 0. The molecular weight excluding hydrogens is 350 g/mol. The molecule has 3 fully saturated rings. The molecule has 5 heterocycles. The predicted octanol–water partition coefficient (Wildman–Crippen LogP) is 2.85. The minimum absolute atomic E-state index is 0.292. The first-order chi connectivity index (χ1) is 13.6. The number of rotatable bonds is 4. The molecule has 0 saturated carbocycles. The molecule has 5 rings (SSSR count). The second-order valence-corrected chi connectivity index (χ2v) is 8.62. The molecule has 0 unspecified atom stereocenters. The summed E-state index contributed by atoms with van der Waals surface area (Å²) in [6.45, 7) is 9.91. The summed E-state index contributed by atoms with van der Waals surface area (Å²) in [5.74, 6) is 0.743. The molecule has 3 saturated heterocycles. The van der Waals surface area contributed by atoms with Crippen molar-refractivity contribution in [1.82, 2.24) is 24.6 Å². The Hall–Kier alpha value is -2.21. The molecule has 148 valence electrons. The molecular formula is C22H29N5O. The number of carbonyl (C=O) groups is 1. The summed E-state index contributed by atoms with van der Waals surface area (Å²) < 4.78 is 2.11. The maximum absolute atomic E-state index is 13.6. The van der Waals surface area contributed by atoms with E-state index in [2.05, 4.69) is 46.3 Å². The largest absolute Gasteiger partial charge is 0.336 e. The second kappa shape index (κ2) is 6.41. The summed E-state index contributed by atoms with van der Waals surface area (Å²) in [4.78, 5) is 22.5. The van der Waals surface area contributed by atoms with Gasteiger partial charge in [-0.2, -0.15) is 5.10 Å². The molecule has 0 aliphatic carbocycles. The Bertz CT molecular complexity index is 907. The highest BCUT2D eigenvalue weighted by atomic mass is 16.2. The first-order valence-corrected chi connectivity index (χ1v) is 10.5. The lowest BCUT2D eigenvalue weighted by molar-refractivity contribution is -0.137. The number of pyridine rings is 1. The van der Waals surface area contributed by atoms with Crippen LogP contribution in [0.2, 0.25) is 0 Å². The minimum Gasteiger partial charge on any atom is -0.336 e. The van der Waals surface area contributed by atoms with Crippen LogP contribution in [0.15, 0.2) is 24.5 Å². The van der Waals surface area contributed by atoms with Crippen molar-refractivity contribution in [3.63, 3.8) is 0 Å². The number of aromatic nitrogens is 3. The highest BCUT2D eigenvalue weighted by Gasteiger charge is 2.65. The molecule has 3 aliphatic rings. The highest BCUT2D eigenvalue weighted by molar-refractivity contribution is 5.90. The zero-order chi connectivity index (χ0) is 19.5. The lowest BCUT2D eigenvalue weighted by atomic mass is 9.85. The lowest BCUT2D eigenvalue weighted by Crippen LogP contribution is -2.49. The highest BCUT2D eigenvalue weighted by Crippen LogP contribution is 2.56. The van der Waals surface area contributed by atoms with Gasteiger partial charge in [0.15, 0.2) is 0 Å². The number of amides is 1. The zero-order valence-corrected chi connectivity index (χ0v) is 17.1. The van der Waals surface area contributed by atoms with Crippen molar-refractivity contribution in [3.8, 4) is 0 Å². The van der Waals surface area contributed by atoms with Crippen molar-refractivity contribution in [1.29, 1.82) is 0 Å². The van der Waals surface area contributed by atoms with Crippen LogP contribution in [0.3, 0.4) is 0 Å². The topological polar surface area (TPSA) is 54.3 Å². The Kier molecular flexibility index (Phi) is 4.09. The van der Waals surface area contributed by atoms with Gasteiger partial charge in [0.25, 0.3) is 0 Å². The predicted molar refractivity (Wildman–Crippen MR) is 107 cm³/mol. The van der Waals surface area contributed by atoms with Gasteiger partial charge in [-0.3, -0.25) is 19.4 Å². The van der Waals surface area contributed by atoms with Gasteiger partial charge < -0.3 is 4.90 Å². The van der Waals surface area contributed by atoms with E-state index >= 15 is 0 Å². The molecule has 28 heavy (non-hydrogen) atoms. The van der Waals surface area contributed by atoms with Gasteiger partial charge in [0, 0.05) is 55.2 Å². The molecule has 1 spiro atoms. The van der Waals surface area contributed by atoms with E-state index in [9.17, 15) is 4.79 Å². The molecule has 0 aromatic carbocycles. The normalized spacial score (nSPS) is 29.5. The Morgan fingerprint density at radius 1 is 1.32 bits per heavy atom. The fourth-order valence-corrected chi connectivity index (χ4v) is 6.20. The number of aryl methyl sites for hydroxylation is 2. The molecule has 3 aliphatic heterocycles. The van der Waals surface area contributed by atoms with Crippen molar-refractivity contribution in [2.75, 3.05) is 13.1 Å². The molecule has 2 aromatic heterocycles. The van der Waals surface area contributed by atoms with Gasteiger partial charge in [-0.1, -0.05) is 6.07 Å². The van der Waals surface area contributed by atoms with E-state index in [4.69, 9.17) is 5.10 Å². The summed E-state index contributed by atoms with van der Waals surface area (Å²) in [6, 6.07) is 4.34. The van der Waals surface area contributed by atoms with E-state index in [0.29, 0.717) is 24.4 Å². The van der Waals surface area contributed by atoms with Gasteiger partial charge in [0.05, 0.1) is 5.69 Å². The molecule has 6 heteroatoms. The average molecular weight is 380 g/mol. The monoisotopic (exact) mass is 379 g/mol. The summed E-state index contributed by atoms with van der Waals surface area (Å²) in [5, 5.41) is 4.76. The smallest absolute Gasteiger partial charge is 0.243 e. The number of hydrogen-bond donors (Lipinski definition) is 0. The summed E-state index contributed by atoms with van der Waals surface area (Å²) >= 11 is 0. The van der Waals surface area contributed by atoms with Crippen LogP contribution >= 0.6 is 0 Å². The number of nitrogens with zero attached hydrogens (tertiary/aromatic N) is 5. The molecule has 1 amide bonds. The van der Waals surface area contributed by atoms with Gasteiger partial charge in [0.1, 0.15) is 5.54 Å². The van der Waals surface area contributed by atoms with Crippen LogP contribution in [0.1, 0.15) is 54.7 Å². The Labute approximate surface area is 166 Å². The third-order valence-corrected chi connectivity index (χ3v) is 7.29. The lowest BCUT2D eigenvalue weighted by Gasteiger charge is -2.33. The van der Waals surface area contributed by atoms with Gasteiger partial charge in [-0.15, -0.1) is 0 Å². The number of carbonyl (C=O) groups excluding carboxylic acids is 1. The van der Waals surface area contributed by atoms with Crippen molar-refractivity contribution in [2.24, 2.45) is 5.92 Å². The molecule has 2 aromatic rings. The summed E-state index contributed by atoms with van der Waals surface area (Å²) in [5.41, 5.74) is 4.59. The van der Waals surface area contributed by atoms with Crippen LogP contribution in [0.4, 0.5) is 0 Å². The third kappa shape index (κ3) is 2.33. The standard InChI is InChI=1S/C22H29N5O/c1-4-27-16(3)20(15(2)24-27)19-11-18-14-25(13-17-7-5-9-23-12-17)21(28)22(18)8-6-10-26(19)22/h5,7,9,12,18-19H,4,6,8,10-11,13-14H2,1-3H3/t18-,19-,22-/m0/s1. The van der Waals surface area contributed by atoms with Gasteiger partial charge >= 0.3 is 0 Å². The van der Waals surface area contributed by atoms with Crippen LogP contribution in [0.25, 0.3) is 0 Å². The van der Waals surface area contributed by atoms with Gasteiger partial charge in [0.2, 0.25) is 5.91 Å². The van der Waals surface area contributed by atoms with E-state index in [1.54, 1.807) is 6.20 Å². The van der Waals surface area contributed by atoms with Crippen LogP contribution in [-0.4, -0.2) is 49.1 Å². The quantitative estimate of drug-likeness (QED) is 0.820. The van der Waals surface area contributed by atoms with E-state index in [-0.39, 0.29) is 5.54 Å². The Balaban J connectivity index is 1.46. The third-order valence-electron chi connectivity index (χ3n) is 7.29. The minimum atomic E-state index is -0.292. The molecule has 0 N–H and O–H groups in total. The Morgan fingerprint density at radius 3 is 2.89 bits per heavy atom. The fraction of sp³-hybridized carbons (Fsp3) is 0.591.